The Morgan fingerprint density at radius 3 is 2.56 bits per heavy atom. The molecular weight excluding hydrogens is 402 g/mol. The van der Waals surface area contributed by atoms with Crippen molar-refractivity contribution >= 4 is 22.5 Å². The smallest absolute Gasteiger partial charge is 0.339 e. The summed E-state index contributed by atoms with van der Waals surface area (Å²) in [6.45, 7) is 1.78. The summed E-state index contributed by atoms with van der Waals surface area (Å²) in [7, 11) is 0. The number of hydrogen-bond donors (Lipinski definition) is 0. The van der Waals surface area contributed by atoms with Crippen LogP contribution in [0.1, 0.15) is 21.6 Å². The lowest BCUT2D eigenvalue weighted by atomic mass is 10.0. The lowest BCUT2D eigenvalue weighted by Crippen LogP contribution is -2.17. The quantitative estimate of drug-likeness (QED) is 0.397. The van der Waals surface area contributed by atoms with E-state index >= 15 is 0 Å². The zero-order chi connectivity index (χ0) is 22.1. The molecule has 0 N–H and O–H groups in total. The van der Waals surface area contributed by atoms with E-state index in [9.17, 15) is 9.59 Å². The SMILES string of the molecule is Cc1cccn2c(=O)cc(COC(=O)c3cc(-c4ccccc4)nc4ccccc34)nc12. The normalized spacial score (nSPS) is 11.0. The van der Waals surface area contributed by atoms with E-state index in [0.29, 0.717) is 33.5 Å². The van der Waals surface area contributed by atoms with Gasteiger partial charge in [-0.05, 0) is 30.7 Å². The molecule has 5 aromatic rings. The molecule has 0 aliphatic rings. The molecule has 32 heavy (non-hydrogen) atoms. The first kappa shape index (κ1) is 19.6. The van der Waals surface area contributed by atoms with Crippen molar-refractivity contribution < 1.29 is 9.53 Å². The molecule has 0 saturated heterocycles. The van der Waals surface area contributed by atoms with Crippen LogP contribution in [0.4, 0.5) is 0 Å². The van der Waals surface area contributed by atoms with E-state index in [2.05, 4.69) is 4.98 Å². The third-order valence-electron chi connectivity index (χ3n) is 5.30. The van der Waals surface area contributed by atoms with E-state index in [-0.39, 0.29) is 12.2 Å². The molecule has 6 nitrogen and oxygen atoms in total. The van der Waals surface area contributed by atoms with Crippen LogP contribution in [0.3, 0.4) is 0 Å². The summed E-state index contributed by atoms with van der Waals surface area (Å²) in [6.07, 6.45) is 1.67. The highest BCUT2D eigenvalue weighted by Crippen LogP contribution is 2.25. The van der Waals surface area contributed by atoms with Crippen molar-refractivity contribution in [2.75, 3.05) is 0 Å². The molecule has 156 valence electrons. The van der Waals surface area contributed by atoms with E-state index in [1.165, 1.54) is 10.5 Å². The molecule has 0 radical (unpaired) electrons. The Hall–Kier alpha value is -4.32. The second-order valence-electron chi connectivity index (χ2n) is 7.48. The number of pyridine rings is 2. The minimum atomic E-state index is -0.493. The first-order valence-corrected chi connectivity index (χ1v) is 10.2. The topological polar surface area (TPSA) is 73.6 Å². The van der Waals surface area contributed by atoms with Crippen LogP contribution in [-0.4, -0.2) is 20.3 Å². The van der Waals surface area contributed by atoms with Crippen LogP contribution in [0.2, 0.25) is 0 Å². The molecule has 5 rings (SSSR count). The molecule has 6 heteroatoms. The van der Waals surface area contributed by atoms with Crippen molar-refractivity contribution in [3.8, 4) is 11.3 Å². The third-order valence-corrected chi connectivity index (χ3v) is 5.30. The molecule has 0 aliphatic carbocycles. The van der Waals surface area contributed by atoms with Gasteiger partial charge in [0.1, 0.15) is 12.3 Å². The van der Waals surface area contributed by atoms with Crippen molar-refractivity contribution in [1.29, 1.82) is 0 Å². The molecule has 0 spiro atoms. The van der Waals surface area contributed by atoms with Crippen LogP contribution in [-0.2, 0) is 11.3 Å². The summed E-state index contributed by atoms with van der Waals surface area (Å²) in [6, 6.07) is 23.9. The largest absolute Gasteiger partial charge is 0.456 e. The van der Waals surface area contributed by atoms with Gasteiger partial charge >= 0.3 is 5.97 Å². The maximum absolute atomic E-state index is 13.1. The number of rotatable bonds is 4. The zero-order valence-corrected chi connectivity index (χ0v) is 17.4. The number of nitrogens with zero attached hydrogens (tertiary/aromatic N) is 3. The Labute approximate surface area is 183 Å². The minimum Gasteiger partial charge on any atom is -0.456 e. The van der Waals surface area contributed by atoms with E-state index in [0.717, 1.165) is 11.1 Å². The predicted octanol–water partition coefficient (Wildman–Crippen LogP) is 4.58. The van der Waals surface area contributed by atoms with Crippen LogP contribution in [0.15, 0.2) is 89.9 Å². The van der Waals surface area contributed by atoms with Crippen LogP contribution in [0.5, 0.6) is 0 Å². The number of hydrogen-bond acceptors (Lipinski definition) is 5. The Balaban J connectivity index is 1.50. The summed E-state index contributed by atoms with van der Waals surface area (Å²) in [5.41, 5.74) is 4.32. The zero-order valence-electron chi connectivity index (χ0n) is 17.4. The van der Waals surface area contributed by atoms with Gasteiger partial charge in [0.05, 0.1) is 22.5 Å². The number of carbonyl (C=O) groups excluding carboxylic acids is 1. The van der Waals surface area contributed by atoms with E-state index in [1.807, 2.05) is 67.6 Å². The number of benzene rings is 2. The van der Waals surface area contributed by atoms with Crippen molar-refractivity contribution in [1.82, 2.24) is 14.4 Å². The summed E-state index contributed by atoms with van der Waals surface area (Å²) in [5.74, 6) is -0.493. The Kier molecular flexibility index (Phi) is 4.95. The minimum absolute atomic E-state index is 0.101. The van der Waals surface area contributed by atoms with E-state index in [4.69, 9.17) is 9.72 Å². The average molecular weight is 421 g/mol. The Bertz CT molecular complexity index is 1520. The van der Waals surface area contributed by atoms with Gasteiger partial charge in [0, 0.05) is 23.2 Å². The number of ether oxygens (including phenoxy) is 1. The molecular formula is C26H19N3O3. The second-order valence-corrected chi connectivity index (χ2v) is 7.48. The fourth-order valence-electron chi connectivity index (χ4n) is 3.70. The van der Waals surface area contributed by atoms with E-state index in [1.54, 1.807) is 18.3 Å². The highest BCUT2D eigenvalue weighted by molar-refractivity contribution is 6.04. The average Bonchev–Trinajstić information content (AvgIpc) is 2.83. The highest BCUT2D eigenvalue weighted by atomic mass is 16.5. The van der Waals surface area contributed by atoms with E-state index < -0.39 is 5.97 Å². The molecule has 0 saturated carbocycles. The van der Waals surface area contributed by atoms with Gasteiger partial charge in [0.2, 0.25) is 0 Å². The molecule has 0 unspecified atom stereocenters. The predicted molar refractivity (Wildman–Crippen MR) is 122 cm³/mol. The molecule has 0 bridgehead atoms. The van der Waals surface area contributed by atoms with Crippen molar-refractivity contribution in [2.24, 2.45) is 0 Å². The van der Waals surface area contributed by atoms with Crippen LogP contribution in [0.25, 0.3) is 27.8 Å². The first-order chi connectivity index (χ1) is 15.6. The van der Waals surface area contributed by atoms with Gasteiger partial charge in [-0.1, -0.05) is 54.6 Å². The molecule has 2 aromatic carbocycles. The Morgan fingerprint density at radius 1 is 0.938 bits per heavy atom. The number of para-hydroxylation sites is 1. The van der Waals surface area contributed by atoms with Crippen molar-refractivity contribution in [3.63, 3.8) is 0 Å². The van der Waals surface area contributed by atoms with Crippen LogP contribution in [0, 0.1) is 6.92 Å². The highest BCUT2D eigenvalue weighted by Gasteiger charge is 2.16. The van der Waals surface area contributed by atoms with Gasteiger partial charge in [0.15, 0.2) is 0 Å². The molecule has 3 aromatic heterocycles. The van der Waals surface area contributed by atoms with Gasteiger partial charge in [-0.25, -0.2) is 14.8 Å². The van der Waals surface area contributed by atoms with Crippen molar-refractivity contribution in [2.45, 2.75) is 13.5 Å². The number of aryl methyl sites for hydroxylation is 1. The number of carbonyl (C=O) groups is 1. The molecule has 0 aliphatic heterocycles. The molecule has 3 heterocycles. The standard InChI is InChI=1S/C26H19N3O3/c1-17-8-7-13-29-24(30)14-19(27-25(17)29)16-32-26(31)21-15-23(18-9-3-2-4-10-18)28-22-12-6-5-11-20(21)22/h2-15H,16H2,1H3. The lowest BCUT2D eigenvalue weighted by molar-refractivity contribution is 0.0470. The molecule has 0 fully saturated rings. The maximum Gasteiger partial charge on any atom is 0.339 e. The monoisotopic (exact) mass is 421 g/mol. The van der Waals surface area contributed by atoms with Gasteiger partial charge in [-0.2, -0.15) is 0 Å². The summed E-state index contributed by atoms with van der Waals surface area (Å²) in [4.78, 5) is 34.7. The fourth-order valence-corrected chi connectivity index (χ4v) is 3.70. The van der Waals surface area contributed by atoms with Gasteiger partial charge in [0.25, 0.3) is 5.56 Å². The maximum atomic E-state index is 13.1. The lowest BCUT2D eigenvalue weighted by Gasteiger charge is -2.11. The van der Waals surface area contributed by atoms with Gasteiger partial charge < -0.3 is 4.74 Å². The number of aromatic nitrogens is 3. The number of esters is 1. The van der Waals surface area contributed by atoms with Gasteiger partial charge in [-0.3, -0.25) is 9.20 Å². The first-order valence-electron chi connectivity index (χ1n) is 10.2. The van der Waals surface area contributed by atoms with Crippen LogP contribution >= 0.6 is 0 Å². The Morgan fingerprint density at radius 2 is 1.72 bits per heavy atom. The van der Waals surface area contributed by atoms with Crippen molar-refractivity contribution in [3.05, 3.63) is 112 Å². The van der Waals surface area contributed by atoms with Gasteiger partial charge in [-0.15, -0.1) is 0 Å². The molecule has 0 atom stereocenters. The summed E-state index contributed by atoms with van der Waals surface area (Å²) in [5, 5.41) is 0.708. The summed E-state index contributed by atoms with van der Waals surface area (Å²) >= 11 is 0. The summed E-state index contributed by atoms with van der Waals surface area (Å²) < 4.78 is 7.05. The molecule has 0 amide bonds. The second kappa shape index (κ2) is 8.07. The third kappa shape index (κ3) is 3.63. The number of fused-ring (bicyclic) bond motifs is 2. The fraction of sp³-hybridized carbons (Fsp3) is 0.0769. The van der Waals surface area contributed by atoms with Crippen LogP contribution < -0.4 is 5.56 Å².